The Morgan fingerprint density at radius 1 is 1.36 bits per heavy atom. The molecule has 2 rings (SSSR count). The average molecular weight is 319 g/mol. The van der Waals surface area contributed by atoms with Gasteiger partial charge in [-0.15, -0.1) is 0 Å². The SMILES string of the molecule is C/C(=C\C(=O)N(C)Cc1c(C)noc1C)c1ccccc1Cl. The molecule has 0 spiro atoms. The lowest BCUT2D eigenvalue weighted by molar-refractivity contribution is -0.125. The number of hydrogen-bond acceptors (Lipinski definition) is 3. The molecule has 0 aliphatic heterocycles. The van der Waals surface area contributed by atoms with Gasteiger partial charge in [0.25, 0.3) is 0 Å². The van der Waals surface area contributed by atoms with Crippen LogP contribution in [0.3, 0.4) is 0 Å². The van der Waals surface area contributed by atoms with Crippen LogP contribution in [-0.4, -0.2) is 23.0 Å². The molecule has 1 aromatic carbocycles. The number of halogens is 1. The van der Waals surface area contributed by atoms with E-state index in [-0.39, 0.29) is 5.91 Å². The van der Waals surface area contributed by atoms with Crippen LogP contribution in [0.5, 0.6) is 0 Å². The fourth-order valence-corrected chi connectivity index (χ4v) is 2.48. The zero-order valence-electron chi connectivity index (χ0n) is 13.2. The Hall–Kier alpha value is -2.07. The van der Waals surface area contributed by atoms with Crippen LogP contribution in [0.15, 0.2) is 34.9 Å². The van der Waals surface area contributed by atoms with Gasteiger partial charge in [0.15, 0.2) is 0 Å². The monoisotopic (exact) mass is 318 g/mol. The highest BCUT2D eigenvalue weighted by molar-refractivity contribution is 6.32. The third-order valence-electron chi connectivity index (χ3n) is 3.59. The van der Waals surface area contributed by atoms with Crippen LogP contribution < -0.4 is 0 Å². The maximum Gasteiger partial charge on any atom is 0.246 e. The summed E-state index contributed by atoms with van der Waals surface area (Å²) in [5.41, 5.74) is 3.45. The van der Waals surface area contributed by atoms with E-state index in [1.165, 1.54) is 0 Å². The van der Waals surface area contributed by atoms with Crippen molar-refractivity contribution in [1.29, 1.82) is 0 Å². The van der Waals surface area contributed by atoms with Crippen LogP contribution in [0, 0.1) is 13.8 Å². The predicted octanol–water partition coefficient (Wildman–Crippen LogP) is 4.01. The van der Waals surface area contributed by atoms with Crippen molar-refractivity contribution in [3.63, 3.8) is 0 Å². The van der Waals surface area contributed by atoms with E-state index in [0.29, 0.717) is 11.6 Å². The van der Waals surface area contributed by atoms with E-state index in [1.807, 2.05) is 45.0 Å². The molecule has 1 amide bonds. The first-order chi connectivity index (χ1) is 10.4. The van der Waals surface area contributed by atoms with E-state index in [9.17, 15) is 4.79 Å². The van der Waals surface area contributed by atoms with Crippen molar-refractivity contribution >= 4 is 23.1 Å². The molecule has 2 aromatic rings. The molecule has 1 aromatic heterocycles. The van der Waals surface area contributed by atoms with Crippen molar-refractivity contribution < 1.29 is 9.32 Å². The van der Waals surface area contributed by atoms with Crippen LogP contribution >= 0.6 is 11.6 Å². The van der Waals surface area contributed by atoms with Crippen LogP contribution in [0.2, 0.25) is 5.02 Å². The standard InChI is InChI=1S/C17H19ClN2O2/c1-11(14-7-5-6-8-16(14)18)9-17(21)20(4)10-15-12(2)19-22-13(15)3/h5-9H,10H2,1-4H3/b11-9+. The van der Waals surface area contributed by atoms with Crippen molar-refractivity contribution in [3.8, 4) is 0 Å². The molecular weight excluding hydrogens is 300 g/mol. The number of carbonyl (C=O) groups excluding carboxylic acids is 1. The number of hydrogen-bond donors (Lipinski definition) is 0. The van der Waals surface area contributed by atoms with Gasteiger partial charge in [0.1, 0.15) is 5.76 Å². The minimum atomic E-state index is -0.0857. The molecule has 0 atom stereocenters. The van der Waals surface area contributed by atoms with Crippen molar-refractivity contribution in [2.24, 2.45) is 0 Å². The lowest BCUT2D eigenvalue weighted by Crippen LogP contribution is -2.25. The van der Waals surface area contributed by atoms with Crippen LogP contribution in [0.1, 0.15) is 29.5 Å². The molecule has 0 bridgehead atoms. The van der Waals surface area contributed by atoms with Gasteiger partial charge in [-0.3, -0.25) is 4.79 Å². The minimum Gasteiger partial charge on any atom is -0.361 e. The smallest absolute Gasteiger partial charge is 0.246 e. The quantitative estimate of drug-likeness (QED) is 0.800. The van der Waals surface area contributed by atoms with Crippen LogP contribution in [0.4, 0.5) is 0 Å². The Balaban J connectivity index is 2.14. The Bertz CT molecular complexity index is 700. The summed E-state index contributed by atoms with van der Waals surface area (Å²) < 4.78 is 5.12. The summed E-state index contributed by atoms with van der Waals surface area (Å²) in [6, 6.07) is 7.48. The van der Waals surface area contributed by atoms with Gasteiger partial charge >= 0.3 is 0 Å². The van der Waals surface area contributed by atoms with Gasteiger partial charge in [-0.05, 0) is 38.0 Å². The fraction of sp³-hybridized carbons (Fsp3) is 0.294. The summed E-state index contributed by atoms with van der Waals surface area (Å²) >= 11 is 6.15. The van der Waals surface area contributed by atoms with E-state index in [1.54, 1.807) is 18.0 Å². The van der Waals surface area contributed by atoms with Gasteiger partial charge in [-0.25, -0.2) is 0 Å². The Labute approximate surface area is 135 Å². The van der Waals surface area contributed by atoms with Gasteiger partial charge in [-0.2, -0.15) is 0 Å². The average Bonchev–Trinajstić information content (AvgIpc) is 2.79. The summed E-state index contributed by atoms with van der Waals surface area (Å²) in [6.45, 7) is 6.06. The van der Waals surface area contributed by atoms with Crippen molar-refractivity contribution in [2.75, 3.05) is 7.05 Å². The number of likely N-dealkylation sites (N-methyl/N-ethyl adjacent to an activating group) is 1. The maximum absolute atomic E-state index is 12.3. The first-order valence-corrected chi connectivity index (χ1v) is 7.38. The second kappa shape index (κ2) is 6.79. The third-order valence-corrected chi connectivity index (χ3v) is 3.92. The molecule has 0 radical (unpaired) electrons. The van der Waals surface area contributed by atoms with E-state index in [0.717, 1.165) is 28.2 Å². The maximum atomic E-state index is 12.3. The number of allylic oxidation sites excluding steroid dienone is 1. The zero-order valence-corrected chi connectivity index (χ0v) is 13.9. The molecule has 5 heteroatoms. The number of benzene rings is 1. The summed E-state index contributed by atoms with van der Waals surface area (Å²) in [4.78, 5) is 14.0. The van der Waals surface area contributed by atoms with Gasteiger partial charge in [-0.1, -0.05) is 35.0 Å². The summed E-state index contributed by atoms with van der Waals surface area (Å²) in [5.74, 6) is 0.654. The first-order valence-electron chi connectivity index (χ1n) is 7.00. The lowest BCUT2D eigenvalue weighted by Gasteiger charge is -2.15. The van der Waals surface area contributed by atoms with Crippen molar-refractivity contribution in [3.05, 3.63) is 57.9 Å². The van der Waals surface area contributed by atoms with E-state index < -0.39 is 0 Å². The number of carbonyl (C=O) groups is 1. The number of nitrogens with zero attached hydrogens (tertiary/aromatic N) is 2. The molecule has 0 saturated heterocycles. The van der Waals surface area contributed by atoms with Crippen LogP contribution in [-0.2, 0) is 11.3 Å². The normalized spacial score (nSPS) is 11.6. The molecule has 0 N–H and O–H groups in total. The van der Waals surface area contributed by atoms with Crippen molar-refractivity contribution in [2.45, 2.75) is 27.3 Å². The van der Waals surface area contributed by atoms with Gasteiger partial charge in [0, 0.05) is 23.7 Å². The van der Waals surface area contributed by atoms with Crippen molar-refractivity contribution in [1.82, 2.24) is 10.1 Å². The third kappa shape index (κ3) is 3.57. The highest BCUT2D eigenvalue weighted by Crippen LogP contribution is 2.23. The van der Waals surface area contributed by atoms with E-state index >= 15 is 0 Å². The molecule has 116 valence electrons. The number of aryl methyl sites for hydroxylation is 2. The topological polar surface area (TPSA) is 46.3 Å². The van der Waals surface area contributed by atoms with Gasteiger partial charge in [0.2, 0.25) is 5.91 Å². The number of aromatic nitrogens is 1. The van der Waals surface area contributed by atoms with E-state index in [4.69, 9.17) is 16.1 Å². The lowest BCUT2D eigenvalue weighted by atomic mass is 10.1. The molecule has 1 heterocycles. The summed E-state index contributed by atoms with van der Waals surface area (Å²) in [6.07, 6.45) is 1.60. The largest absolute Gasteiger partial charge is 0.361 e. The molecule has 0 unspecified atom stereocenters. The fourth-order valence-electron chi connectivity index (χ4n) is 2.20. The molecule has 0 fully saturated rings. The van der Waals surface area contributed by atoms with Gasteiger partial charge < -0.3 is 9.42 Å². The highest BCUT2D eigenvalue weighted by atomic mass is 35.5. The molecule has 22 heavy (non-hydrogen) atoms. The number of rotatable bonds is 4. The molecule has 0 saturated carbocycles. The van der Waals surface area contributed by atoms with Gasteiger partial charge in [0.05, 0.1) is 12.2 Å². The predicted molar refractivity (Wildman–Crippen MR) is 87.6 cm³/mol. The Morgan fingerprint density at radius 2 is 2.05 bits per heavy atom. The highest BCUT2D eigenvalue weighted by Gasteiger charge is 2.14. The molecule has 4 nitrogen and oxygen atoms in total. The van der Waals surface area contributed by atoms with E-state index in [2.05, 4.69) is 5.16 Å². The summed E-state index contributed by atoms with van der Waals surface area (Å²) in [7, 11) is 1.75. The second-order valence-corrected chi connectivity index (χ2v) is 5.71. The van der Waals surface area contributed by atoms with Crippen LogP contribution in [0.25, 0.3) is 5.57 Å². The zero-order chi connectivity index (χ0) is 16.3. The second-order valence-electron chi connectivity index (χ2n) is 5.30. The molecule has 0 aliphatic rings. The number of amides is 1. The minimum absolute atomic E-state index is 0.0857. The molecular formula is C17H19ClN2O2. The Kier molecular flexibility index (Phi) is 5.03. The first kappa shape index (κ1) is 16.3. The summed E-state index contributed by atoms with van der Waals surface area (Å²) in [5, 5.41) is 4.54. The molecule has 0 aliphatic carbocycles. The Morgan fingerprint density at radius 3 is 2.64 bits per heavy atom.